The van der Waals surface area contributed by atoms with E-state index in [0.717, 1.165) is 9.35 Å². The molecular weight excluding hydrogens is 543 g/mol. The molecule has 2 aromatic heterocycles. The molecule has 1 saturated carbocycles. The number of Topliss-reactive ketones (excluding diaryl/α,β-unsaturated/α-hetero) is 2. The Morgan fingerprint density at radius 1 is 1.26 bits per heavy atom. The quantitative estimate of drug-likeness (QED) is 0.377. The molecule has 1 aliphatic carbocycles. The summed E-state index contributed by atoms with van der Waals surface area (Å²) in [5.41, 5.74) is 3.68. The summed E-state index contributed by atoms with van der Waals surface area (Å²) in [7, 11) is 0. The number of nitrogens with zero attached hydrogens (tertiary/aromatic N) is 1. The highest BCUT2D eigenvalue weighted by atomic mass is 79.9. The molecule has 5 nitrogen and oxygen atoms in total. The van der Waals surface area contributed by atoms with E-state index in [-0.39, 0.29) is 41.0 Å². The fourth-order valence-corrected chi connectivity index (χ4v) is 5.84. The molecule has 0 aliphatic heterocycles. The van der Waals surface area contributed by atoms with Gasteiger partial charge in [0.1, 0.15) is 17.4 Å². The summed E-state index contributed by atoms with van der Waals surface area (Å²) in [6.07, 6.45) is 1.38. The monoisotopic (exact) mass is 562 g/mol. The first-order valence-electron chi connectivity index (χ1n) is 10.6. The number of thiophene rings is 1. The number of ketones is 2. The van der Waals surface area contributed by atoms with Gasteiger partial charge in [0.25, 0.3) is 0 Å². The summed E-state index contributed by atoms with van der Waals surface area (Å²) in [5, 5.41) is 4.94. The van der Waals surface area contributed by atoms with E-state index in [0.29, 0.717) is 28.8 Å². The highest BCUT2D eigenvalue weighted by Gasteiger charge is 2.43. The first kappa shape index (κ1) is 24.7. The highest BCUT2D eigenvalue weighted by Crippen LogP contribution is 2.39. The molecule has 3 aromatic rings. The van der Waals surface area contributed by atoms with Crippen molar-refractivity contribution < 1.29 is 18.8 Å². The minimum atomic E-state index is -0.916. The van der Waals surface area contributed by atoms with Crippen molar-refractivity contribution >= 4 is 56.3 Å². The largest absolute Gasteiger partial charge is 0.352 e. The smallest absolute Gasteiger partial charge is 0.221 e. The first-order chi connectivity index (χ1) is 16.2. The normalized spacial score (nSPS) is 17.9. The number of rotatable bonds is 6. The lowest BCUT2D eigenvalue weighted by Crippen LogP contribution is -2.27. The van der Waals surface area contributed by atoms with Gasteiger partial charge in [-0.3, -0.25) is 19.4 Å². The SMILES string of the molecule is Cc1cc(-c2ncc(Cl)cc2F)cc(C)c1C1C(=O)CC(CC(=O)NCc2ccsc2Br)C1=O. The highest BCUT2D eigenvalue weighted by molar-refractivity contribution is 9.11. The van der Waals surface area contributed by atoms with Crippen molar-refractivity contribution in [2.24, 2.45) is 5.92 Å². The van der Waals surface area contributed by atoms with Crippen molar-refractivity contribution in [2.45, 2.75) is 39.2 Å². The Bertz CT molecular complexity index is 1290. The number of hydrogen-bond acceptors (Lipinski definition) is 5. The average molecular weight is 564 g/mol. The maximum absolute atomic E-state index is 14.4. The lowest BCUT2D eigenvalue weighted by atomic mass is 9.85. The molecule has 0 radical (unpaired) electrons. The Balaban J connectivity index is 1.51. The number of benzene rings is 1. The Kier molecular flexibility index (Phi) is 7.31. The van der Waals surface area contributed by atoms with Gasteiger partial charge in [-0.05, 0) is 81.7 Å². The third-order valence-electron chi connectivity index (χ3n) is 6.02. The van der Waals surface area contributed by atoms with Crippen LogP contribution in [0, 0.1) is 25.6 Å². The number of aromatic nitrogens is 1. The molecule has 0 bridgehead atoms. The number of carbonyl (C=O) groups is 3. The second-order valence-corrected chi connectivity index (χ2v) is 11.1. The Morgan fingerprint density at radius 3 is 2.59 bits per heavy atom. The van der Waals surface area contributed by atoms with Crippen LogP contribution in [0.5, 0.6) is 0 Å². The second kappa shape index (κ2) is 10.1. The number of hydrogen-bond donors (Lipinski definition) is 1. The van der Waals surface area contributed by atoms with Gasteiger partial charge in [-0.2, -0.15) is 0 Å². The van der Waals surface area contributed by atoms with E-state index >= 15 is 0 Å². The third kappa shape index (κ3) is 4.99. The molecule has 2 atom stereocenters. The van der Waals surface area contributed by atoms with Crippen LogP contribution in [-0.2, 0) is 20.9 Å². The lowest BCUT2D eigenvalue weighted by molar-refractivity contribution is -0.128. The van der Waals surface area contributed by atoms with Gasteiger partial charge in [0.2, 0.25) is 5.91 Å². The maximum atomic E-state index is 14.4. The number of carbonyl (C=O) groups excluding carboxylic acids is 3. The van der Waals surface area contributed by atoms with Crippen LogP contribution in [0.3, 0.4) is 0 Å². The molecule has 1 amide bonds. The predicted octanol–water partition coefficient (Wildman–Crippen LogP) is 5.93. The Morgan fingerprint density at radius 2 is 1.97 bits per heavy atom. The van der Waals surface area contributed by atoms with E-state index in [1.807, 2.05) is 11.4 Å². The number of aryl methyl sites for hydroxylation is 2. The van der Waals surface area contributed by atoms with Gasteiger partial charge in [-0.15, -0.1) is 11.3 Å². The summed E-state index contributed by atoms with van der Waals surface area (Å²) in [4.78, 5) is 42.6. The van der Waals surface area contributed by atoms with Crippen LogP contribution in [0.15, 0.2) is 39.6 Å². The van der Waals surface area contributed by atoms with E-state index in [9.17, 15) is 18.8 Å². The third-order valence-corrected chi connectivity index (χ3v) is 8.04. The summed E-state index contributed by atoms with van der Waals surface area (Å²) in [6, 6.07) is 6.55. The van der Waals surface area contributed by atoms with Gasteiger partial charge in [-0.25, -0.2) is 4.39 Å². The standard InChI is InChI=1S/C25H21BrClFN2O3S/c1-12-5-15(23-18(28)9-17(27)11-30-23)6-13(2)21(12)22-19(31)7-16(24(22)33)8-20(32)29-10-14-3-4-34-25(14)26/h3-6,9,11,16,22H,7-8,10H2,1-2H3,(H,29,32). The molecule has 2 unspecified atom stereocenters. The van der Waals surface area contributed by atoms with Gasteiger partial charge in [0, 0.05) is 37.1 Å². The van der Waals surface area contributed by atoms with Crippen LogP contribution in [0.4, 0.5) is 4.39 Å². The topological polar surface area (TPSA) is 76.1 Å². The molecular formula is C25H21BrClFN2O3S. The summed E-state index contributed by atoms with van der Waals surface area (Å²) >= 11 is 10.8. The molecule has 9 heteroatoms. The minimum absolute atomic E-state index is 0.0289. The van der Waals surface area contributed by atoms with Crippen molar-refractivity contribution in [3.8, 4) is 11.3 Å². The number of amides is 1. The maximum Gasteiger partial charge on any atom is 0.221 e. The van der Waals surface area contributed by atoms with Crippen LogP contribution >= 0.6 is 38.9 Å². The summed E-state index contributed by atoms with van der Waals surface area (Å²) < 4.78 is 15.3. The van der Waals surface area contributed by atoms with Crippen LogP contribution in [0.1, 0.15) is 41.0 Å². The summed E-state index contributed by atoms with van der Waals surface area (Å²) in [5.74, 6) is -2.83. The van der Waals surface area contributed by atoms with Crippen LogP contribution in [0.2, 0.25) is 5.02 Å². The van der Waals surface area contributed by atoms with Gasteiger partial charge >= 0.3 is 0 Å². The fourth-order valence-electron chi connectivity index (χ4n) is 4.46. The van der Waals surface area contributed by atoms with E-state index in [2.05, 4.69) is 26.2 Å². The number of halogens is 3. The number of nitrogens with one attached hydrogen (secondary N) is 1. The molecule has 1 aromatic carbocycles. The predicted molar refractivity (Wildman–Crippen MR) is 133 cm³/mol. The average Bonchev–Trinajstić information content (AvgIpc) is 3.29. The first-order valence-corrected chi connectivity index (χ1v) is 12.7. The molecule has 0 spiro atoms. The van der Waals surface area contributed by atoms with Crippen molar-refractivity contribution in [2.75, 3.05) is 0 Å². The van der Waals surface area contributed by atoms with Gasteiger partial charge in [0.15, 0.2) is 11.6 Å². The Hall–Kier alpha value is -2.42. The second-order valence-electron chi connectivity index (χ2n) is 8.41. The zero-order valence-electron chi connectivity index (χ0n) is 18.5. The fraction of sp³-hybridized carbons (Fsp3) is 0.280. The lowest BCUT2D eigenvalue weighted by Gasteiger charge is -2.17. The molecule has 1 N–H and O–H groups in total. The van der Waals surface area contributed by atoms with E-state index in [1.54, 1.807) is 26.0 Å². The molecule has 0 saturated heterocycles. The van der Waals surface area contributed by atoms with Crippen LogP contribution < -0.4 is 5.32 Å². The molecule has 1 fully saturated rings. The van der Waals surface area contributed by atoms with Crippen LogP contribution in [0.25, 0.3) is 11.3 Å². The van der Waals surface area contributed by atoms with Gasteiger partial charge < -0.3 is 5.32 Å². The minimum Gasteiger partial charge on any atom is -0.352 e. The van der Waals surface area contributed by atoms with Crippen molar-refractivity contribution in [3.63, 3.8) is 0 Å². The van der Waals surface area contributed by atoms with Crippen LogP contribution in [-0.4, -0.2) is 22.5 Å². The molecule has 1 aliphatic rings. The number of pyridine rings is 1. The van der Waals surface area contributed by atoms with Gasteiger partial charge in [0.05, 0.1) is 8.81 Å². The molecule has 4 rings (SSSR count). The summed E-state index contributed by atoms with van der Waals surface area (Å²) in [6.45, 7) is 3.94. The molecule has 34 heavy (non-hydrogen) atoms. The Labute approximate surface area is 213 Å². The van der Waals surface area contributed by atoms with Crippen molar-refractivity contribution in [1.29, 1.82) is 0 Å². The zero-order valence-corrected chi connectivity index (χ0v) is 21.6. The van der Waals surface area contributed by atoms with Crippen molar-refractivity contribution in [1.82, 2.24) is 10.3 Å². The molecule has 2 heterocycles. The van der Waals surface area contributed by atoms with Gasteiger partial charge in [-0.1, -0.05) is 11.6 Å². The molecule has 176 valence electrons. The van der Waals surface area contributed by atoms with E-state index in [4.69, 9.17) is 11.6 Å². The van der Waals surface area contributed by atoms with Crippen molar-refractivity contribution in [3.05, 3.63) is 72.7 Å². The zero-order chi connectivity index (χ0) is 24.6. The van der Waals surface area contributed by atoms with E-state index in [1.165, 1.54) is 23.6 Å². The van der Waals surface area contributed by atoms with E-state index < -0.39 is 17.7 Å².